The molecular weight excluding hydrogens is 256 g/mol. The van der Waals surface area contributed by atoms with Gasteiger partial charge in [-0.3, -0.25) is 4.79 Å². The second-order valence-corrected chi connectivity index (χ2v) is 5.10. The molecule has 0 aliphatic heterocycles. The van der Waals surface area contributed by atoms with Crippen molar-refractivity contribution < 1.29 is 4.79 Å². The molecule has 1 amide bonds. The molecule has 0 atom stereocenters. The monoisotopic (exact) mass is 272 g/mol. The lowest BCUT2D eigenvalue weighted by atomic mass is 10.2. The van der Waals surface area contributed by atoms with E-state index in [0.717, 1.165) is 16.4 Å². The Morgan fingerprint density at radius 3 is 2.68 bits per heavy atom. The Morgan fingerprint density at radius 2 is 2.11 bits per heavy atom. The molecule has 1 aromatic carbocycles. The van der Waals surface area contributed by atoms with Crippen LogP contribution in [0.1, 0.15) is 17.6 Å². The summed E-state index contributed by atoms with van der Waals surface area (Å²) in [5.74, 6) is -0.0284. The maximum Gasteiger partial charge on any atom is 0.251 e. The largest absolute Gasteiger partial charge is 0.309 e. The van der Waals surface area contributed by atoms with Crippen LogP contribution >= 0.6 is 11.3 Å². The number of aryl methyl sites for hydroxylation is 1. The number of aromatic nitrogens is 1. The van der Waals surface area contributed by atoms with E-state index in [1.54, 1.807) is 28.4 Å². The highest BCUT2D eigenvalue weighted by atomic mass is 32.1. The first-order chi connectivity index (χ1) is 9.20. The third kappa shape index (κ3) is 3.51. The molecule has 0 fully saturated rings. The topological polar surface area (TPSA) is 33.2 Å². The van der Waals surface area contributed by atoms with Crippen molar-refractivity contribution in [3.8, 4) is 0 Å². The number of hydrogen-bond donors (Lipinski definition) is 0. The molecule has 0 spiro atoms. The molecule has 2 aromatic rings. The third-order valence-corrected chi connectivity index (χ3v) is 3.48. The van der Waals surface area contributed by atoms with Gasteiger partial charge < -0.3 is 4.90 Å². The summed E-state index contributed by atoms with van der Waals surface area (Å²) in [5, 5.41) is 2.94. The van der Waals surface area contributed by atoms with Gasteiger partial charge in [0.05, 0.1) is 10.7 Å². The van der Waals surface area contributed by atoms with Gasteiger partial charge in [0.2, 0.25) is 0 Å². The molecule has 0 saturated heterocycles. The molecule has 0 unspecified atom stereocenters. The summed E-state index contributed by atoms with van der Waals surface area (Å²) >= 11 is 1.58. The zero-order valence-electron chi connectivity index (χ0n) is 11.0. The van der Waals surface area contributed by atoms with Gasteiger partial charge in [-0.05, 0) is 32.1 Å². The van der Waals surface area contributed by atoms with Gasteiger partial charge in [0.15, 0.2) is 0 Å². The quantitative estimate of drug-likeness (QED) is 0.798. The predicted octanol–water partition coefficient (Wildman–Crippen LogP) is 3.52. The van der Waals surface area contributed by atoms with Gasteiger partial charge >= 0.3 is 0 Å². The van der Waals surface area contributed by atoms with Gasteiger partial charge in [-0.15, -0.1) is 11.3 Å². The Bertz CT molecular complexity index is 575. The van der Waals surface area contributed by atoms with Crippen molar-refractivity contribution in [1.29, 1.82) is 0 Å². The maximum atomic E-state index is 12.2. The van der Waals surface area contributed by atoms with E-state index in [9.17, 15) is 4.79 Å². The normalized spacial score (nSPS) is 10.8. The van der Waals surface area contributed by atoms with Crippen LogP contribution < -0.4 is 4.90 Å². The summed E-state index contributed by atoms with van der Waals surface area (Å²) in [4.78, 5) is 18.2. The van der Waals surface area contributed by atoms with Crippen LogP contribution in [0.4, 0.5) is 5.69 Å². The number of carbonyl (C=O) groups is 1. The number of benzene rings is 1. The molecular formula is C15H16N2OS. The van der Waals surface area contributed by atoms with E-state index in [1.165, 1.54) is 0 Å². The van der Waals surface area contributed by atoms with Gasteiger partial charge in [-0.25, -0.2) is 4.98 Å². The standard InChI is InChI=1S/C15H16N2OS/c1-3-17(14-7-5-4-6-8-14)15(18)10-9-13-11-19-12(2)16-13/h4-11H,3H2,1-2H3/b10-9+. The predicted molar refractivity (Wildman–Crippen MR) is 80.4 cm³/mol. The molecule has 19 heavy (non-hydrogen) atoms. The lowest BCUT2D eigenvalue weighted by Gasteiger charge is -2.18. The summed E-state index contributed by atoms with van der Waals surface area (Å²) in [6, 6.07) is 9.66. The highest BCUT2D eigenvalue weighted by Gasteiger charge is 2.10. The van der Waals surface area contributed by atoms with Crippen LogP contribution in [0.2, 0.25) is 0 Å². The van der Waals surface area contributed by atoms with E-state index in [0.29, 0.717) is 6.54 Å². The third-order valence-electron chi connectivity index (χ3n) is 2.68. The molecule has 0 aliphatic rings. The van der Waals surface area contributed by atoms with Crippen LogP contribution in [0.3, 0.4) is 0 Å². The van der Waals surface area contributed by atoms with Crippen LogP contribution in [0, 0.1) is 6.92 Å². The number of likely N-dealkylation sites (N-methyl/N-ethyl adjacent to an activating group) is 1. The van der Waals surface area contributed by atoms with Crippen molar-refractivity contribution >= 4 is 29.0 Å². The zero-order valence-corrected chi connectivity index (χ0v) is 11.9. The van der Waals surface area contributed by atoms with E-state index in [4.69, 9.17) is 0 Å². The molecule has 0 radical (unpaired) electrons. The number of hydrogen-bond acceptors (Lipinski definition) is 3. The van der Waals surface area contributed by atoms with Crippen molar-refractivity contribution in [2.45, 2.75) is 13.8 Å². The average Bonchev–Trinajstić information content (AvgIpc) is 2.84. The van der Waals surface area contributed by atoms with Crippen LogP contribution in [-0.4, -0.2) is 17.4 Å². The molecule has 1 aromatic heterocycles. The summed E-state index contributed by atoms with van der Waals surface area (Å²) in [6.07, 6.45) is 3.34. The number of carbonyl (C=O) groups excluding carboxylic acids is 1. The molecule has 1 heterocycles. The lowest BCUT2D eigenvalue weighted by molar-refractivity contribution is -0.114. The molecule has 0 N–H and O–H groups in total. The number of thiazole rings is 1. The average molecular weight is 272 g/mol. The minimum absolute atomic E-state index is 0.0284. The Kier molecular flexibility index (Phi) is 4.47. The smallest absolute Gasteiger partial charge is 0.251 e. The highest BCUT2D eigenvalue weighted by molar-refractivity contribution is 7.09. The van der Waals surface area contributed by atoms with Crippen molar-refractivity contribution in [3.63, 3.8) is 0 Å². The van der Waals surface area contributed by atoms with Crippen LogP contribution in [0.5, 0.6) is 0 Å². The zero-order chi connectivity index (χ0) is 13.7. The second kappa shape index (κ2) is 6.29. The van der Waals surface area contributed by atoms with Gasteiger partial charge in [0.25, 0.3) is 5.91 Å². The van der Waals surface area contributed by atoms with Crippen molar-refractivity contribution in [1.82, 2.24) is 4.98 Å². The molecule has 3 nitrogen and oxygen atoms in total. The first-order valence-electron chi connectivity index (χ1n) is 6.17. The second-order valence-electron chi connectivity index (χ2n) is 4.04. The van der Waals surface area contributed by atoms with E-state index < -0.39 is 0 Å². The Labute approximate surface area is 117 Å². The molecule has 0 aliphatic carbocycles. The van der Waals surface area contributed by atoms with Crippen molar-refractivity contribution in [2.24, 2.45) is 0 Å². The minimum atomic E-state index is -0.0284. The molecule has 4 heteroatoms. The van der Waals surface area contributed by atoms with Crippen LogP contribution in [0.15, 0.2) is 41.8 Å². The number of para-hydroxylation sites is 1. The SMILES string of the molecule is CCN(C(=O)/C=C/c1csc(C)n1)c1ccccc1. The van der Waals surface area contributed by atoms with Crippen LogP contribution in [0.25, 0.3) is 6.08 Å². The fraction of sp³-hybridized carbons (Fsp3) is 0.200. The number of anilines is 1. The molecule has 2 rings (SSSR count). The number of rotatable bonds is 4. The summed E-state index contributed by atoms with van der Waals surface area (Å²) in [6.45, 7) is 4.56. The number of amides is 1. The fourth-order valence-electron chi connectivity index (χ4n) is 1.78. The van der Waals surface area contributed by atoms with Crippen molar-refractivity contribution in [2.75, 3.05) is 11.4 Å². The lowest BCUT2D eigenvalue weighted by Crippen LogP contribution is -2.28. The minimum Gasteiger partial charge on any atom is -0.309 e. The van der Waals surface area contributed by atoms with Crippen LogP contribution in [-0.2, 0) is 4.79 Å². The van der Waals surface area contributed by atoms with E-state index in [2.05, 4.69) is 4.98 Å². The van der Waals surface area contributed by atoms with Gasteiger partial charge in [-0.2, -0.15) is 0 Å². The van der Waals surface area contributed by atoms with Gasteiger partial charge in [0.1, 0.15) is 0 Å². The van der Waals surface area contributed by atoms with E-state index in [1.807, 2.05) is 49.6 Å². The molecule has 98 valence electrons. The first kappa shape index (κ1) is 13.5. The van der Waals surface area contributed by atoms with E-state index in [-0.39, 0.29) is 5.91 Å². The Balaban J connectivity index is 2.12. The first-order valence-corrected chi connectivity index (χ1v) is 7.05. The summed E-state index contributed by atoms with van der Waals surface area (Å²) < 4.78 is 0. The maximum absolute atomic E-state index is 12.2. The fourth-order valence-corrected chi connectivity index (χ4v) is 2.36. The summed E-state index contributed by atoms with van der Waals surface area (Å²) in [5.41, 5.74) is 1.74. The summed E-state index contributed by atoms with van der Waals surface area (Å²) in [7, 11) is 0. The van der Waals surface area contributed by atoms with Gasteiger partial charge in [-0.1, -0.05) is 18.2 Å². The molecule has 0 bridgehead atoms. The Hall–Kier alpha value is -1.94. The van der Waals surface area contributed by atoms with E-state index >= 15 is 0 Å². The van der Waals surface area contributed by atoms with Crippen molar-refractivity contribution in [3.05, 3.63) is 52.5 Å². The Morgan fingerprint density at radius 1 is 1.37 bits per heavy atom. The highest BCUT2D eigenvalue weighted by Crippen LogP contribution is 2.14. The molecule has 0 saturated carbocycles. The number of nitrogens with zero attached hydrogens (tertiary/aromatic N) is 2. The van der Waals surface area contributed by atoms with Gasteiger partial charge in [0, 0.05) is 23.7 Å².